The fourth-order valence-corrected chi connectivity index (χ4v) is 7.27. The van der Waals surface area contributed by atoms with Gasteiger partial charge in [0.1, 0.15) is 0 Å². The minimum atomic E-state index is -3.07. The lowest BCUT2D eigenvalue weighted by Gasteiger charge is -2.26. The van der Waals surface area contributed by atoms with Crippen LogP contribution in [0.5, 0.6) is 0 Å². The lowest BCUT2D eigenvalue weighted by Crippen LogP contribution is -2.38. The van der Waals surface area contributed by atoms with Crippen LogP contribution in [0.25, 0.3) is 0 Å². The lowest BCUT2D eigenvalue weighted by molar-refractivity contribution is -0.117. The van der Waals surface area contributed by atoms with E-state index >= 15 is 0 Å². The number of amidine groups is 1. The monoisotopic (exact) mass is 400 g/mol. The zero-order valence-corrected chi connectivity index (χ0v) is 16.6. The number of nitrogens with zero attached hydrogens (tertiary/aromatic N) is 2. The first-order valence-electron chi connectivity index (χ1n) is 8.34. The molecule has 8 heteroatoms. The third kappa shape index (κ3) is 4.04. The zero-order chi connectivity index (χ0) is 18.2. The molecule has 2 saturated heterocycles. The summed E-state index contributed by atoms with van der Waals surface area (Å²) in [6.07, 6.45) is 2.15. The number of fused-ring (bicyclic) bond motifs is 1. The van der Waals surface area contributed by atoms with Gasteiger partial charge in [0.25, 0.3) is 0 Å². The van der Waals surface area contributed by atoms with Crippen molar-refractivity contribution < 1.29 is 13.2 Å². The Morgan fingerprint density at radius 3 is 2.88 bits per heavy atom. The van der Waals surface area contributed by atoms with E-state index in [1.165, 1.54) is 11.8 Å². The molecule has 0 aliphatic carbocycles. The van der Waals surface area contributed by atoms with Crippen molar-refractivity contribution >= 4 is 50.0 Å². The maximum absolute atomic E-state index is 12.2. The molecule has 1 aromatic carbocycles. The standard InChI is InChI=1S/C17H21ClN2O3S2/c1-3-4-5-16(21)19-17-20(13-8-12(18)7-6-11(13)2)14-9-25(22,23)10-15(14)24-17/h6-8,14-15H,3-5,9-10H2,1-2H3/t14-,15-/m0/s1. The number of hydrogen-bond donors (Lipinski definition) is 0. The predicted molar refractivity (Wildman–Crippen MR) is 104 cm³/mol. The molecule has 2 atom stereocenters. The molecule has 0 spiro atoms. The highest BCUT2D eigenvalue weighted by Crippen LogP contribution is 2.42. The number of sulfone groups is 1. The van der Waals surface area contributed by atoms with Crippen molar-refractivity contribution in [2.24, 2.45) is 4.99 Å². The fraction of sp³-hybridized carbons (Fsp3) is 0.529. The van der Waals surface area contributed by atoms with Crippen LogP contribution < -0.4 is 4.90 Å². The highest BCUT2D eigenvalue weighted by molar-refractivity contribution is 8.16. The summed E-state index contributed by atoms with van der Waals surface area (Å²) in [5, 5.41) is 1.07. The summed E-state index contributed by atoms with van der Waals surface area (Å²) in [4.78, 5) is 18.4. The van der Waals surface area contributed by atoms with Gasteiger partial charge in [-0.25, -0.2) is 8.42 Å². The van der Waals surface area contributed by atoms with Gasteiger partial charge in [-0.1, -0.05) is 42.8 Å². The first kappa shape index (κ1) is 18.7. The number of amides is 1. The van der Waals surface area contributed by atoms with Gasteiger partial charge in [0.2, 0.25) is 5.91 Å². The number of aryl methyl sites for hydroxylation is 1. The van der Waals surface area contributed by atoms with Gasteiger partial charge in [0.05, 0.1) is 17.5 Å². The van der Waals surface area contributed by atoms with E-state index in [1.807, 2.05) is 30.9 Å². The van der Waals surface area contributed by atoms with Crippen LogP contribution in [0.3, 0.4) is 0 Å². The molecular weight excluding hydrogens is 380 g/mol. The number of aliphatic imine (C=N–C) groups is 1. The van der Waals surface area contributed by atoms with Gasteiger partial charge in [0, 0.05) is 22.4 Å². The Morgan fingerprint density at radius 2 is 2.16 bits per heavy atom. The predicted octanol–water partition coefficient (Wildman–Crippen LogP) is 3.44. The number of rotatable bonds is 4. The molecule has 1 amide bonds. The second-order valence-corrected chi connectivity index (χ2v) is 10.3. The fourth-order valence-electron chi connectivity index (χ4n) is 3.18. The van der Waals surface area contributed by atoms with Crippen molar-refractivity contribution in [1.29, 1.82) is 0 Å². The van der Waals surface area contributed by atoms with E-state index in [0.717, 1.165) is 24.1 Å². The Bertz CT molecular complexity index is 823. The van der Waals surface area contributed by atoms with Crippen LogP contribution in [-0.4, -0.2) is 42.3 Å². The Morgan fingerprint density at radius 1 is 1.40 bits per heavy atom. The molecule has 2 heterocycles. The van der Waals surface area contributed by atoms with Crippen LogP contribution in [0.4, 0.5) is 5.69 Å². The summed E-state index contributed by atoms with van der Waals surface area (Å²) in [6, 6.07) is 5.31. The van der Waals surface area contributed by atoms with Crippen LogP contribution in [0.1, 0.15) is 31.7 Å². The van der Waals surface area contributed by atoms with Crippen molar-refractivity contribution in [1.82, 2.24) is 0 Å². The van der Waals surface area contributed by atoms with Crippen LogP contribution in [-0.2, 0) is 14.6 Å². The SMILES string of the molecule is CCCCC(=O)N=C1S[C@H]2CS(=O)(=O)C[C@@H]2N1c1cc(Cl)ccc1C. The number of thioether (sulfide) groups is 1. The van der Waals surface area contributed by atoms with Crippen molar-refractivity contribution in [3.63, 3.8) is 0 Å². The van der Waals surface area contributed by atoms with Crippen molar-refractivity contribution in [2.45, 2.75) is 44.4 Å². The van der Waals surface area contributed by atoms with Crippen LogP contribution in [0.2, 0.25) is 5.02 Å². The van der Waals surface area contributed by atoms with Gasteiger partial charge in [-0.05, 0) is 31.0 Å². The van der Waals surface area contributed by atoms with Crippen molar-refractivity contribution in [3.05, 3.63) is 28.8 Å². The summed E-state index contributed by atoms with van der Waals surface area (Å²) >= 11 is 7.55. The van der Waals surface area contributed by atoms with Gasteiger partial charge in [0.15, 0.2) is 15.0 Å². The molecular formula is C17H21ClN2O3S2. The van der Waals surface area contributed by atoms with E-state index in [9.17, 15) is 13.2 Å². The zero-order valence-electron chi connectivity index (χ0n) is 14.2. The molecule has 2 fully saturated rings. The highest BCUT2D eigenvalue weighted by Gasteiger charge is 2.49. The minimum absolute atomic E-state index is 0.0821. The van der Waals surface area contributed by atoms with E-state index in [2.05, 4.69) is 4.99 Å². The third-order valence-electron chi connectivity index (χ3n) is 4.46. The first-order chi connectivity index (χ1) is 11.8. The van der Waals surface area contributed by atoms with Crippen molar-refractivity contribution in [3.8, 4) is 0 Å². The van der Waals surface area contributed by atoms with E-state index in [-0.39, 0.29) is 28.7 Å². The molecule has 2 aliphatic rings. The van der Waals surface area contributed by atoms with Crippen LogP contribution in [0, 0.1) is 6.92 Å². The second kappa shape index (κ2) is 7.29. The Kier molecular flexibility index (Phi) is 5.46. The molecule has 0 radical (unpaired) electrons. The highest BCUT2D eigenvalue weighted by atomic mass is 35.5. The molecule has 25 heavy (non-hydrogen) atoms. The number of halogens is 1. The topological polar surface area (TPSA) is 66.8 Å². The third-order valence-corrected chi connectivity index (χ3v) is 7.91. The maximum Gasteiger partial charge on any atom is 0.248 e. The normalized spacial score (nSPS) is 26.2. The summed E-state index contributed by atoms with van der Waals surface area (Å²) in [5.41, 5.74) is 1.80. The first-order valence-corrected chi connectivity index (χ1v) is 11.4. The smallest absolute Gasteiger partial charge is 0.248 e. The molecule has 0 bridgehead atoms. The van der Waals surface area contributed by atoms with Crippen LogP contribution in [0.15, 0.2) is 23.2 Å². The number of carbonyl (C=O) groups excluding carboxylic acids is 1. The summed E-state index contributed by atoms with van der Waals surface area (Å²) in [5.74, 6) is 0.0521. The van der Waals surface area contributed by atoms with Gasteiger partial charge in [-0.15, -0.1) is 0 Å². The van der Waals surface area contributed by atoms with E-state index in [0.29, 0.717) is 16.6 Å². The molecule has 5 nitrogen and oxygen atoms in total. The number of unbranched alkanes of at least 4 members (excludes halogenated alkanes) is 1. The van der Waals surface area contributed by atoms with Crippen LogP contribution >= 0.6 is 23.4 Å². The number of hydrogen-bond acceptors (Lipinski definition) is 4. The summed E-state index contributed by atoms with van der Waals surface area (Å²) < 4.78 is 24.1. The van der Waals surface area contributed by atoms with E-state index in [4.69, 9.17) is 11.6 Å². The molecule has 136 valence electrons. The molecule has 0 aromatic heterocycles. The van der Waals surface area contributed by atoms with E-state index < -0.39 is 9.84 Å². The summed E-state index contributed by atoms with van der Waals surface area (Å²) in [6.45, 7) is 3.98. The number of anilines is 1. The molecule has 0 saturated carbocycles. The van der Waals surface area contributed by atoms with Gasteiger partial charge >= 0.3 is 0 Å². The Labute approximate surface area is 157 Å². The molecule has 3 rings (SSSR count). The molecule has 0 unspecified atom stereocenters. The maximum atomic E-state index is 12.2. The van der Waals surface area contributed by atoms with E-state index in [1.54, 1.807) is 6.07 Å². The second-order valence-electron chi connectivity index (χ2n) is 6.49. The number of carbonyl (C=O) groups is 1. The molecule has 2 aliphatic heterocycles. The lowest BCUT2D eigenvalue weighted by atomic mass is 10.1. The molecule has 0 N–H and O–H groups in total. The van der Waals surface area contributed by atoms with Gasteiger partial charge in [-0.2, -0.15) is 4.99 Å². The van der Waals surface area contributed by atoms with Crippen molar-refractivity contribution in [2.75, 3.05) is 16.4 Å². The Balaban J connectivity index is 1.99. The Hall–Kier alpha value is -1.05. The molecule has 1 aromatic rings. The largest absolute Gasteiger partial charge is 0.315 e. The van der Waals surface area contributed by atoms with Gasteiger partial charge in [-0.3, -0.25) is 4.79 Å². The van der Waals surface area contributed by atoms with Gasteiger partial charge < -0.3 is 4.90 Å². The quantitative estimate of drug-likeness (QED) is 0.774. The average Bonchev–Trinajstić information content (AvgIpc) is 2.98. The number of benzene rings is 1. The minimum Gasteiger partial charge on any atom is -0.315 e. The average molecular weight is 401 g/mol. The summed E-state index contributed by atoms with van der Waals surface area (Å²) in [7, 11) is -3.07.